The number of nitrogens with one attached hydrogen (secondary N) is 1. The standard InChI is InChI=1S/C17H18N2O2/c1-12(9-15-7-5-4-6-8-15)11-18-19-17(20)16-10-13(2)21-14(16)3/h4-11H,1-3H3,(H,19,20)/b12-9-,18-11?. The predicted octanol–water partition coefficient (Wildman–Crippen LogP) is 3.72. The Morgan fingerprint density at radius 2 is 1.95 bits per heavy atom. The van der Waals surface area contributed by atoms with Crippen molar-refractivity contribution in [3.63, 3.8) is 0 Å². The quantitative estimate of drug-likeness (QED) is 0.686. The van der Waals surface area contributed by atoms with Crippen molar-refractivity contribution in [2.75, 3.05) is 0 Å². The van der Waals surface area contributed by atoms with Crippen LogP contribution < -0.4 is 5.43 Å². The molecule has 0 aliphatic carbocycles. The number of hydrogen-bond donors (Lipinski definition) is 1. The molecule has 0 unspecified atom stereocenters. The summed E-state index contributed by atoms with van der Waals surface area (Å²) in [6.07, 6.45) is 3.61. The van der Waals surface area contributed by atoms with Gasteiger partial charge in [0.05, 0.1) is 11.8 Å². The fourth-order valence-corrected chi connectivity index (χ4v) is 1.96. The minimum absolute atomic E-state index is 0.270. The number of amides is 1. The molecule has 0 bridgehead atoms. The van der Waals surface area contributed by atoms with Gasteiger partial charge in [-0.15, -0.1) is 0 Å². The van der Waals surface area contributed by atoms with Gasteiger partial charge >= 0.3 is 0 Å². The second-order valence-corrected chi connectivity index (χ2v) is 4.83. The minimum Gasteiger partial charge on any atom is -0.466 e. The van der Waals surface area contributed by atoms with E-state index in [0.717, 1.165) is 11.1 Å². The summed E-state index contributed by atoms with van der Waals surface area (Å²) in [6, 6.07) is 11.6. The SMILES string of the molecule is C/C(C=NNC(=O)c1cc(C)oc1C)=C/c1ccccc1. The summed E-state index contributed by atoms with van der Waals surface area (Å²) < 4.78 is 5.32. The average Bonchev–Trinajstić information content (AvgIpc) is 2.79. The van der Waals surface area contributed by atoms with E-state index in [1.165, 1.54) is 0 Å². The van der Waals surface area contributed by atoms with E-state index < -0.39 is 0 Å². The van der Waals surface area contributed by atoms with Crippen LogP contribution in [-0.2, 0) is 0 Å². The van der Waals surface area contributed by atoms with Crippen molar-refractivity contribution in [2.24, 2.45) is 5.10 Å². The number of furan rings is 1. The average molecular weight is 282 g/mol. The molecule has 1 amide bonds. The first-order chi connectivity index (χ1) is 10.1. The van der Waals surface area contributed by atoms with Crippen molar-refractivity contribution in [3.05, 3.63) is 64.6 Å². The molecule has 0 aliphatic heterocycles. The fourth-order valence-electron chi connectivity index (χ4n) is 1.96. The van der Waals surface area contributed by atoms with Crippen LogP contribution in [0.1, 0.15) is 34.4 Å². The van der Waals surface area contributed by atoms with Gasteiger partial charge in [-0.3, -0.25) is 4.79 Å². The van der Waals surface area contributed by atoms with Gasteiger partial charge in [0.1, 0.15) is 11.5 Å². The highest BCUT2D eigenvalue weighted by atomic mass is 16.3. The smallest absolute Gasteiger partial charge is 0.274 e. The zero-order chi connectivity index (χ0) is 15.2. The molecule has 0 spiro atoms. The fraction of sp³-hybridized carbons (Fsp3) is 0.176. The predicted molar refractivity (Wildman–Crippen MR) is 84.2 cm³/mol. The third-order valence-electron chi connectivity index (χ3n) is 2.91. The topological polar surface area (TPSA) is 54.6 Å². The molecule has 1 aromatic heterocycles. The van der Waals surface area contributed by atoms with Crippen LogP contribution in [-0.4, -0.2) is 12.1 Å². The number of nitrogens with zero attached hydrogens (tertiary/aromatic N) is 1. The summed E-state index contributed by atoms with van der Waals surface area (Å²) in [5, 5.41) is 3.96. The molecule has 0 saturated carbocycles. The van der Waals surface area contributed by atoms with Gasteiger partial charge in [0.25, 0.3) is 5.91 Å². The molecule has 4 nitrogen and oxygen atoms in total. The van der Waals surface area contributed by atoms with Gasteiger partial charge < -0.3 is 4.42 Å². The zero-order valence-electron chi connectivity index (χ0n) is 12.4. The van der Waals surface area contributed by atoms with Crippen molar-refractivity contribution in [1.82, 2.24) is 5.43 Å². The van der Waals surface area contributed by atoms with Crippen molar-refractivity contribution in [2.45, 2.75) is 20.8 Å². The van der Waals surface area contributed by atoms with Crippen LogP contribution in [0.3, 0.4) is 0 Å². The second kappa shape index (κ2) is 6.70. The number of allylic oxidation sites excluding steroid dienone is 1. The van der Waals surface area contributed by atoms with Crippen LogP contribution in [0.15, 0.2) is 51.5 Å². The summed E-state index contributed by atoms with van der Waals surface area (Å²) in [5.41, 5.74) is 5.05. The van der Waals surface area contributed by atoms with Gasteiger partial charge in [0.2, 0.25) is 0 Å². The summed E-state index contributed by atoms with van der Waals surface area (Å²) in [5.74, 6) is 1.03. The van der Waals surface area contributed by atoms with Gasteiger partial charge in [-0.05, 0) is 38.0 Å². The van der Waals surface area contributed by atoms with E-state index >= 15 is 0 Å². The molecule has 0 atom stereocenters. The number of hydrogen-bond acceptors (Lipinski definition) is 3. The molecule has 0 aliphatic rings. The Hall–Kier alpha value is -2.62. The van der Waals surface area contributed by atoms with Crippen LogP contribution in [0, 0.1) is 13.8 Å². The van der Waals surface area contributed by atoms with Crippen molar-refractivity contribution in [3.8, 4) is 0 Å². The lowest BCUT2D eigenvalue weighted by molar-refractivity contribution is 0.0953. The molecule has 1 heterocycles. The normalized spacial score (nSPS) is 11.9. The molecular formula is C17H18N2O2. The Labute approximate surface area is 124 Å². The third kappa shape index (κ3) is 4.18. The van der Waals surface area contributed by atoms with Crippen molar-refractivity contribution >= 4 is 18.2 Å². The number of benzene rings is 1. The molecule has 4 heteroatoms. The number of hydrazone groups is 1. The molecule has 108 valence electrons. The maximum Gasteiger partial charge on any atom is 0.274 e. The Morgan fingerprint density at radius 1 is 1.24 bits per heavy atom. The Balaban J connectivity index is 1.97. The lowest BCUT2D eigenvalue weighted by Gasteiger charge is -1.98. The molecule has 1 N–H and O–H groups in total. The van der Waals surface area contributed by atoms with Crippen LogP contribution >= 0.6 is 0 Å². The van der Waals surface area contributed by atoms with Gasteiger partial charge in [-0.25, -0.2) is 5.43 Å². The Bertz CT molecular complexity index is 682. The highest BCUT2D eigenvalue weighted by molar-refractivity contribution is 5.96. The summed E-state index contributed by atoms with van der Waals surface area (Å²) in [4.78, 5) is 11.9. The van der Waals surface area contributed by atoms with E-state index in [0.29, 0.717) is 17.1 Å². The number of carbonyl (C=O) groups is 1. The van der Waals surface area contributed by atoms with E-state index in [9.17, 15) is 4.79 Å². The Kier molecular flexibility index (Phi) is 4.72. The van der Waals surface area contributed by atoms with Crippen molar-refractivity contribution < 1.29 is 9.21 Å². The van der Waals surface area contributed by atoms with Gasteiger partial charge in [-0.1, -0.05) is 36.4 Å². The first-order valence-corrected chi connectivity index (χ1v) is 6.70. The van der Waals surface area contributed by atoms with Crippen LogP contribution in [0.2, 0.25) is 0 Å². The number of carbonyl (C=O) groups excluding carboxylic acids is 1. The van der Waals surface area contributed by atoms with E-state index in [4.69, 9.17) is 4.42 Å². The monoisotopic (exact) mass is 282 g/mol. The van der Waals surface area contributed by atoms with Crippen LogP contribution in [0.25, 0.3) is 6.08 Å². The minimum atomic E-state index is -0.270. The molecule has 2 aromatic rings. The third-order valence-corrected chi connectivity index (χ3v) is 2.91. The molecule has 0 saturated heterocycles. The maximum atomic E-state index is 11.9. The number of aryl methyl sites for hydroxylation is 2. The summed E-state index contributed by atoms with van der Waals surface area (Å²) >= 11 is 0. The van der Waals surface area contributed by atoms with E-state index in [-0.39, 0.29) is 5.91 Å². The molecule has 21 heavy (non-hydrogen) atoms. The summed E-state index contributed by atoms with van der Waals surface area (Å²) in [6.45, 7) is 5.49. The van der Waals surface area contributed by atoms with Crippen LogP contribution in [0.4, 0.5) is 0 Å². The van der Waals surface area contributed by atoms with Gasteiger partial charge in [0, 0.05) is 0 Å². The lowest BCUT2D eigenvalue weighted by atomic mass is 10.1. The molecule has 2 rings (SSSR count). The van der Waals surface area contributed by atoms with E-state index in [1.807, 2.05) is 43.3 Å². The Morgan fingerprint density at radius 3 is 2.57 bits per heavy atom. The first-order valence-electron chi connectivity index (χ1n) is 6.70. The summed E-state index contributed by atoms with van der Waals surface area (Å²) in [7, 11) is 0. The lowest BCUT2D eigenvalue weighted by Crippen LogP contribution is -2.17. The van der Waals surface area contributed by atoms with Gasteiger partial charge in [-0.2, -0.15) is 5.10 Å². The molecule has 0 fully saturated rings. The highest BCUT2D eigenvalue weighted by Gasteiger charge is 2.12. The molecule has 1 aromatic carbocycles. The van der Waals surface area contributed by atoms with Crippen LogP contribution in [0.5, 0.6) is 0 Å². The molecular weight excluding hydrogens is 264 g/mol. The van der Waals surface area contributed by atoms with Gasteiger partial charge in [0.15, 0.2) is 0 Å². The van der Waals surface area contributed by atoms with E-state index in [1.54, 1.807) is 26.1 Å². The molecule has 0 radical (unpaired) electrons. The van der Waals surface area contributed by atoms with Crippen molar-refractivity contribution in [1.29, 1.82) is 0 Å². The first kappa shape index (κ1) is 14.8. The number of rotatable bonds is 4. The maximum absolute atomic E-state index is 11.9. The highest BCUT2D eigenvalue weighted by Crippen LogP contribution is 2.13. The largest absolute Gasteiger partial charge is 0.466 e. The zero-order valence-corrected chi connectivity index (χ0v) is 12.4. The second-order valence-electron chi connectivity index (χ2n) is 4.83. The van der Waals surface area contributed by atoms with E-state index in [2.05, 4.69) is 10.5 Å².